The molecule has 78 valence electrons. The van der Waals surface area contributed by atoms with Crippen LogP contribution in [0.15, 0.2) is 0 Å². The third-order valence-corrected chi connectivity index (χ3v) is 2.52. The molecule has 0 radical (unpaired) electrons. The van der Waals surface area contributed by atoms with Gasteiger partial charge in [-0.15, -0.1) is 0 Å². The Morgan fingerprint density at radius 2 is 2.23 bits per heavy atom. The van der Waals surface area contributed by atoms with Crippen LogP contribution in [0.2, 0.25) is 0 Å². The Balaban J connectivity index is 2.45. The highest BCUT2D eigenvalue weighted by atomic mass is 16.5. The van der Waals surface area contributed by atoms with E-state index in [-0.39, 0.29) is 18.7 Å². The van der Waals surface area contributed by atoms with Crippen molar-refractivity contribution in [2.45, 2.75) is 25.4 Å². The fourth-order valence-electron chi connectivity index (χ4n) is 1.71. The van der Waals surface area contributed by atoms with E-state index < -0.39 is 0 Å². The van der Waals surface area contributed by atoms with Gasteiger partial charge in [-0.1, -0.05) is 0 Å². The van der Waals surface area contributed by atoms with Crippen LogP contribution in [0.25, 0.3) is 0 Å². The summed E-state index contributed by atoms with van der Waals surface area (Å²) in [6.07, 6.45) is 1.03. The monoisotopic (exact) mass is 188 g/mol. The van der Waals surface area contributed by atoms with Crippen molar-refractivity contribution in [3.63, 3.8) is 0 Å². The third kappa shape index (κ3) is 3.23. The van der Waals surface area contributed by atoms with E-state index in [0.717, 1.165) is 32.7 Å². The molecule has 0 aliphatic carbocycles. The average Bonchev–Trinajstić information content (AvgIpc) is 2.33. The van der Waals surface area contributed by atoms with Gasteiger partial charge >= 0.3 is 0 Å². The summed E-state index contributed by atoms with van der Waals surface area (Å²) in [6, 6.07) is 0.102. The van der Waals surface area contributed by atoms with Gasteiger partial charge in [-0.2, -0.15) is 0 Å². The molecule has 0 bridgehead atoms. The molecule has 4 heteroatoms. The summed E-state index contributed by atoms with van der Waals surface area (Å²) in [5.41, 5.74) is 5.79. The maximum atomic E-state index is 9.18. The Kier molecular flexibility index (Phi) is 4.66. The van der Waals surface area contributed by atoms with Crippen LogP contribution < -0.4 is 5.73 Å². The fraction of sp³-hybridized carbons (Fsp3) is 1.00. The van der Waals surface area contributed by atoms with E-state index in [1.54, 1.807) is 0 Å². The lowest BCUT2D eigenvalue weighted by atomic mass is 10.1. The molecule has 1 heterocycles. The summed E-state index contributed by atoms with van der Waals surface area (Å²) in [4.78, 5) is 2.22. The maximum Gasteiger partial charge on any atom is 0.0601 e. The molecule has 1 saturated heterocycles. The molecule has 4 nitrogen and oxygen atoms in total. The highest BCUT2D eigenvalue weighted by Gasteiger charge is 2.21. The van der Waals surface area contributed by atoms with Gasteiger partial charge in [-0.25, -0.2) is 0 Å². The number of rotatable bonds is 3. The van der Waals surface area contributed by atoms with E-state index in [1.807, 2.05) is 6.92 Å². The van der Waals surface area contributed by atoms with Gasteiger partial charge in [0, 0.05) is 31.8 Å². The lowest BCUT2D eigenvalue weighted by Crippen LogP contribution is -2.49. The minimum absolute atomic E-state index is 0.0168. The van der Waals surface area contributed by atoms with Crippen LogP contribution in [0, 0.1) is 0 Å². The second kappa shape index (κ2) is 5.54. The topological polar surface area (TPSA) is 58.7 Å². The van der Waals surface area contributed by atoms with Crippen LogP contribution in [0.3, 0.4) is 0 Å². The van der Waals surface area contributed by atoms with Crippen molar-refractivity contribution in [3.8, 4) is 0 Å². The average molecular weight is 188 g/mol. The van der Waals surface area contributed by atoms with Crippen LogP contribution in [-0.2, 0) is 4.74 Å². The lowest BCUT2D eigenvalue weighted by Gasteiger charge is -2.31. The molecular weight excluding hydrogens is 168 g/mol. The first-order valence-electron chi connectivity index (χ1n) is 4.94. The van der Waals surface area contributed by atoms with E-state index >= 15 is 0 Å². The summed E-state index contributed by atoms with van der Waals surface area (Å²) in [5, 5.41) is 9.18. The second-order valence-electron chi connectivity index (χ2n) is 3.61. The Labute approximate surface area is 79.7 Å². The number of hydrogen-bond donors (Lipinski definition) is 2. The van der Waals surface area contributed by atoms with Gasteiger partial charge in [0.15, 0.2) is 0 Å². The molecular formula is C9H20N2O2. The zero-order chi connectivity index (χ0) is 9.68. The summed E-state index contributed by atoms with van der Waals surface area (Å²) in [6.45, 7) is 5.51. The van der Waals surface area contributed by atoms with Crippen molar-refractivity contribution in [3.05, 3.63) is 0 Å². The molecule has 1 rings (SSSR count). The van der Waals surface area contributed by atoms with Crippen molar-refractivity contribution in [1.82, 2.24) is 4.90 Å². The lowest BCUT2D eigenvalue weighted by molar-refractivity contribution is 0.0958. The molecule has 0 amide bonds. The Morgan fingerprint density at radius 1 is 1.46 bits per heavy atom. The zero-order valence-corrected chi connectivity index (χ0v) is 8.28. The van der Waals surface area contributed by atoms with Crippen LogP contribution in [-0.4, -0.2) is 55.0 Å². The maximum absolute atomic E-state index is 9.18. The Morgan fingerprint density at radius 3 is 2.85 bits per heavy atom. The normalized spacial score (nSPS) is 25.2. The minimum atomic E-state index is 0.0168. The molecule has 3 N–H and O–H groups in total. The largest absolute Gasteiger partial charge is 0.395 e. The van der Waals surface area contributed by atoms with Crippen molar-refractivity contribution in [2.75, 3.05) is 32.9 Å². The minimum Gasteiger partial charge on any atom is -0.395 e. The molecule has 13 heavy (non-hydrogen) atoms. The number of ether oxygens (including phenoxy) is 1. The van der Waals surface area contributed by atoms with Crippen molar-refractivity contribution < 1.29 is 9.84 Å². The van der Waals surface area contributed by atoms with Gasteiger partial charge in [-0.3, -0.25) is 4.90 Å². The summed E-state index contributed by atoms with van der Waals surface area (Å²) < 4.78 is 5.33. The van der Waals surface area contributed by atoms with E-state index in [9.17, 15) is 5.11 Å². The van der Waals surface area contributed by atoms with Gasteiger partial charge in [0.1, 0.15) is 0 Å². The Bertz CT molecular complexity index is 134. The van der Waals surface area contributed by atoms with Crippen molar-refractivity contribution in [1.29, 1.82) is 0 Å². The van der Waals surface area contributed by atoms with Crippen molar-refractivity contribution >= 4 is 0 Å². The van der Waals surface area contributed by atoms with Crippen molar-refractivity contribution in [2.24, 2.45) is 5.73 Å². The standard InChI is InChI=1S/C9H20N2O2/c1-8(10)9(7-12)11-3-2-5-13-6-4-11/h8-9,12H,2-7,10H2,1H3. The van der Waals surface area contributed by atoms with E-state index in [0.29, 0.717) is 0 Å². The third-order valence-electron chi connectivity index (χ3n) is 2.52. The van der Waals surface area contributed by atoms with Crippen LogP contribution in [0.5, 0.6) is 0 Å². The van der Waals surface area contributed by atoms with Gasteiger partial charge in [0.05, 0.1) is 13.2 Å². The first kappa shape index (κ1) is 10.9. The number of aliphatic hydroxyl groups is 1. The first-order valence-corrected chi connectivity index (χ1v) is 4.94. The van der Waals surface area contributed by atoms with E-state index in [4.69, 9.17) is 10.5 Å². The molecule has 0 aromatic rings. The quantitative estimate of drug-likeness (QED) is 0.622. The van der Waals surface area contributed by atoms with E-state index in [1.165, 1.54) is 0 Å². The van der Waals surface area contributed by atoms with Gasteiger partial charge in [0.2, 0.25) is 0 Å². The highest BCUT2D eigenvalue weighted by Crippen LogP contribution is 2.06. The molecule has 1 aliphatic heterocycles. The number of nitrogens with two attached hydrogens (primary N) is 1. The second-order valence-corrected chi connectivity index (χ2v) is 3.61. The molecule has 1 fully saturated rings. The Hall–Kier alpha value is -0.160. The zero-order valence-electron chi connectivity index (χ0n) is 8.28. The molecule has 0 saturated carbocycles. The van der Waals surface area contributed by atoms with E-state index in [2.05, 4.69) is 4.90 Å². The van der Waals surface area contributed by atoms with Gasteiger partial charge < -0.3 is 15.6 Å². The van der Waals surface area contributed by atoms with Crippen LogP contribution >= 0.6 is 0 Å². The summed E-state index contributed by atoms with van der Waals surface area (Å²) >= 11 is 0. The predicted octanol–water partition coefficient (Wildman–Crippen LogP) is -0.583. The van der Waals surface area contributed by atoms with Crippen LogP contribution in [0.4, 0.5) is 0 Å². The molecule has 2 unspecified atom stereocenters. The van der Waals surface area contributed by atoms with Gasteiger partial charge in [0.25, 0.3) is 0 Å². The van der Waals surface area contributed by atoms with Crippen LogP contribution in [0.1, 0.15) is 13.3 Å². The summed E-state index contributed by atoms with van der Waals surface area (Å²) in [7, 11) is 0. The summed E-state index contributed by atoms with van der Waals surface area (Å²) in [5.74, 6) is 0. The van der Waals surface area contributed by atoms with Gasteiger partial charge in [-0.05, 0) is 13.3 Å². The number of hydrogen-bond acceptors (Lipinski definition) is 4. The molecule has 2 atom stereocenters. The predicted molar refractivity (Wildman–Crippen MR) is 51.5 cm³/mol. The first-order chi connectivity index (χ1) is 6.25. The fourth-order valence-corrected chi connectivity index (χ4v) is 1.71. The molecule has 0 spiro atoms. The highest BCUT2D eigenvalue weighted by molar-refractivity contribution is 4.79. The SMILES string of the molecule is CC(N)C(CO)N1CCCOCC1. The number of aliphatic hydroxyl groups excluding tert-OH is 1. The smallest absolute Gasteiger partial charge is 0.0601 e. The number of nitrogens with zero attached hydrogens (tertiary/aromatic N) is 1. The molecule has 1 aliphatic rings. The molecule has 0 aromatic carbocycles. The molecule has 0 aromatic heterocycles.